The third-order valence-corrected chi connectivity index (χ3v) is 6.54. The Kier molecular flexibility index (Phi) is 5.26. The van der Waals surface area contributed by atoms with Gasteiger partial charge in [0.05, 0.1) is 5.39 Å². The van der Waals surface area contributed by atoms with Gasteiger partial charge in [0.1, 0.15) is 16.7 Å². The Morgan fingerprint density at radius 2 is 1.80 bits per heavy atom. The molecule has 0 aliphatic carbocycles. The van der Waals surface area contributed by atoms with E-state index in [9.17, 15) is 9.59 Å². The summed E-state index contributed by atoms with van der Waals surface area (Å²) >= 11 is 1.49. The van der Waals surface area contributed by atoms with Gasteiger partial charge in [-0.15, -0.1) is 11.3 Å². The first-order valence-corrected chi connectivity index (χ1v) is 10.6. The Morgan fingerprint density at radius 1 is 1.07 bits per heavy atom. The summed E-state index contributed by atoms with van der Waals surface area (Å²) in [5, 5.41) is 3.50. The lowest BCUT2D eigenvalue weighted by Crippen LogP contribution is -2.33. The maximum Gasteiger partial charge on any atom is 0.263 e. The zero-order valence-electron chi connectivity index (χ0n) is 17.4. The number of nitrogens with one attached hydrogen (secondary N) is 1. The molecule has 0 saturated heterocycles. The molecule has 5 nitrogen and oxygen atoms in total. The van der Waals surface area contributed by atoms with E-state index in [1.807, 2.05) is 68.4 Å². The molecule has 30 heavy (non-hydrogen) atoms. The second-order valence-corrected chi connectivity index (χ2v) is 8.47. The molecule has 152 valence electrons. The van der Waals surface area contributed by atoms with Crippen LogP contribution in [0.2, 0.25) is 0 Å². The van der Waals surface area contributed by atoms with E-state index >= 15 is 0 Å². The monoisotopic (exact) mass is 417 g/mol. The number of rotatable bonds is 4. The van der Waals surface area contributed by atoms with Gasteiger partial charge >= 0.3 is 0 Å². The van der Waals surface area contributed by atoms with E-state index in [4.69, 9.17) is 0 Å². The molecule has 0 aliphatic rings. The molecule has 0 bridgehead atoms. The number of thiophene rings is 1. The van der Waals surface area contributed by atoms with Crippen molar-refractivity contribution in [2.75, 3.05) is 5.32 Å². The summed E-state index contributed by atoms with van der Waals surface area (Å²) in [6.07, 6.45) is 0. The van der Waals surface area contributed by atoms with Crippen LogP contribution in [0.4, 0.5) is 5.69 Å². The van der Waals surface area contributed by atoms with E-state index in [0.29, 0.717) is 16.0 Å². The fraction of sp³-hybridized carbons (Fsp3) is 0.208. The summed E-state index contributed by atoms with van der Waals surface area (Å²) in [7, 11) is 0. The standard InChI is InChI=1S/C24H23N3O2S/c1-14-9-8-12-20(15(14)2)26-22(28)16(3)27-17(4)25-23-19(24(27)29)13-21(30-23)18-10-6-5-7-11-18/h5-13,16H,1-4H3,(H,26,28). The van der Waals surface area contributed by atoms with Crippen molar-refractivity contribution in [1.82, 2.24) is 9.55 Å². The average molecular weight is 418 g/mol. The highest BCUT2D eigenvalue weighted by molar-refractivity contribution is 7.21. The molecule has 0 fully saturated rings. The van der Waals surface area contributed by atoms with Gasteiger partial charge in [-0.05, 0) is 56.5 Å². The van der Waals surface area contributed by atoms with Crippen molar-refractivity contribution in [3.05, 3.63) is 81.9 Å². The van der Waals surface area contributed by atoms with Gasteiger partial charge in [0.2, 0.25) is 5.91 Å². The van der Waals surface area contributed by atoms with Gasteiger partial charge in [-0.25, -0.2) is 4.98 Å². The van der Waals surface area contributed by atoms with E-state index in [0.717, 1.165) is 27.3 Å². The molecule has 0 radical (unpaired) electrons. The van der Waals surface area contributed by atoms with Gasteiger partial charge in [-0.3, -0.25) is 14.2 Å². The topological polar surface area (TPSA) is 64.0 Å². The Hall–Kier alpha value is -3.25. The maximum absolute atomic E-state index is 13.3. The number of hydrogen-bond acceptors (Lipinski definition) is 4. The van der Waals surface area contributed by atoms with E-state index in [-0.39, 0.29) is 11.5 Å². The number of aryl methyl sites for hydroxylation is 2. The Morgan fingerprint density at radius 3 is 2.53 bits per heavy atom. The summed E-state index contributed by atoms with van der Waals surface area (Å²) in [6.45, 7) is 7.47. The molecule has 2 aromatic heterocycles. The molecule has 2 heterocycles. The molecule has 6 heteroatoms. The highest BCUT2D eigenvalue weighted by Gasteiger charge is 2.22. The van der Waals surface area contributed by atoms with Crippen molar-refractivity contribution in [3.63, 3.8) is 0 Å². The number of carbonyl (C=O) groups excluding carboxylic acids is 1. The van der Waals surface area contributed by atoms with Gasteiger partial charge in [0, 0.05) is 10.6 Å². The van der Waals surface area contributed by atoms with E-state index < -0.39 is 6.04 Å². The van der Waals surface area contributed by atoms with E-state index in [2.05, 4.69) is 10.3 Å². The molecule has 4 aromatic rings. The van der Waals surface area contributed by atoms with Crippen LogP contribution in [-0.2, 0) is 4.79 Å². The first-order chi connectivity index (χ1) is 14.4. The highest BCUT2D eigenvalue weighted by atomic mass is 32.1. The molecule has 1 unspecified atom stereocenters. The van der Waals surface area contributed by atoms with Gasteiger partial charge in [0.15, 0.2) is 0 Å². The molecule has 1 N–H and O–H groups in total. The molecular formula is C24H23N3O2S. The Balaban J connectivity index is 1.72. The second kappa shape index (κ2) is 7.88. The molecule has 0 aliphatic heterocycles. The van der Waals surface area contributed by atoms with Crippen molar-refractivity contribution in [1.29, 1.82) is 0 Å². The molecule has 4 rings (SSSR count). The van der Waals surface area contributed by atoms with Gasteiger partial charge in [-0.2, -0.15) is 0 Å². The van der Waals surface area contributed by atoms with E-state index in [1.165, 1.54) is 15.9 Å². The largest absolute Gasteiger partial charge is 0.324 e. The smallest absolute Gasteiger partial charge is 0.263 e. The van der Waals surface area contributed by atoms with Crippen LogP contribution in [0.3, 0.4) is 0 Å². The minimum absolute atomic E-state index is 0.195. The lowest BCUT2D eigenvalue weighted by molar-refractivity contribution is -0.118. The zero-order valence-corrected chi connectivity index (χ0v) is 18.2. The van der Waals surface area contributed by atoms with Crippen LogP contribution in [0.5, 0.6) is 0 Å². The first kappa shape index (κ1) is 20.0. The van der Waals surface area contributed by atoms with Crippen molar-refractivity contribution in [2.24, 2.45) is 0 Å². The number of amides is 1. The van der Waals surface area contributed by atoms with Crippen molar-refractivity contribution in [3.8, 4) is 10.4 Å². The summed E-state index contributed by atoms with van der Waals surface area (Å²) in [6, 6.07) is 16.9. The minimum Gasteiger partial charge on any atom is -0.324 e. The van der Waals surface area contributed by atoms with E-state index in [1.54, 1.807) is 13.8 Å². The van der Waals surface area contributed by atoms with Crippen LogP contribution in [0.1, 0.15) is 29.9 Å². The van der Waals surface area contributed by atoms with Gasteiger partial charge < -0.3 is 5.32 Å². The van der Waals surface area contributed by atoms with Crippen molar-refractivity contribution >= 4 is 33.1 Å². The second-order valence-electron chi connectivity index (χ2n) is 7.44. The third kappa shape index (κ3) is 3.55. The molecule has 0 spiro atoms. The quantitative estimate of drug-likeness (QED) is 0.493. The number of hydrogen-bond donors (Lipinski definition) is 1. The fourth-order valence-corrected chi connectivity index (χ4v) is 4.61. The zero-order chi connectivity index (χ0) is 21.4. The summed E-state index contributed by atoms with van der Waals surface area (Å²) < 4.78 is 1.48. The lowest BCUT2D eigenvalue weighted by atomic mass is 10.1. The van der Waals surface area contributed by atoms with Crippen LogP contribution < -0.4 is 10.9 Å². The number of anilines is 1. The minimum atomic E-state index is -0.686. The van der Waals surface area contributed by atoms with Crippen LogP contribution in [0.15, 0.2) is 59.4 Å². The van der Waals surface area contributed by atoms with Crippen LogP contribution >= 0.6 is 11.3 Å². The molecule has 0 saturated carbocycles. The number of aromatic nitrogens is 2. The summed E-state index contributed by atoms with van der Waals surface area (Å²) in [4.78, 5) is 32.5. The number of benzene rings is 2. The maximum atomic E-state index is 13.3. The lowest BCUT2D eigenvalue weighted by Gasteiger charge is -2.18. The molecule has 1 atom stereocenters. The molecule has 1 amide bonds. The Labute approximate surface area is 179 Å². The Bertz CT molecular complexity index is 1310. The summed E-state index contributed by atoms with van der Waals surface area (Å²) in [5.74, 6) is 0.283. The van der Waals surface area contributed by atoms with Crippen LogP contribution in [-0.4, -0.2) is 15.5 Å². The fourth-order valence-electron chi connectivity index (χ4n) is 3.54. The van der Waals surface area contributed by atoms with Crippen molar-refractivity contribution in [2.45, 2.75) is 33.7 Å². The summed E-state index contributed by atoms with van der Waals surface area (Å²) in [5.41, 5.74) is 3.72. The highest BCUT2D eigenvalue weighted by Crippen LogP contribution is 2.31. The van der Waals surface area contributed by atoms with Crippen LogP contribution in [0, 0.1) is 20.8 Å². The van der Waals surface area contributed by atoms with Crippen molar-refractivity contribution < 1.29 is 4.79 Å². The average Bonchev–Trinajstić information content (AvgIpc) is 3.16. The molecular weight excluding hydrogens is 394 g/mol. The predicted molar refractivity (Wildman–Crippen MR) is 123 cm³/mol. The SMILES string of the molecule is Cc1cccc(NC(=O)C(C)n2c(C)nc3sc(-c4ccccc4)cc3c2=O)c1C. The third-order valence-electron chi connectivity index (χ3n) is 5.46. The number of carbonyl (C=O) groups is 1. The normalized spacial score (nSPS) is 12.1. The molecule has 2 aromatic carbocycles. The number of nitrogens with zero attached hydrogens (tertiary/aromatic N) is 2. The first-order valence-electron chi connectivity index (χ1n) is 9.82. The van der Waals surface area contributed by atoms with Gasteiger partial charge in [0.25, 0.3) is 5.56 Å². The predicted octanol–water partition coefficient (Wildman–Crippen LogP) is 5.25. The number of fused-ring (bicyclic) bond motifs is 1. The van der Waals surface area contributed by atoms with Gasteiger partial charge in [-0.1, -0.05) is 42.5 Å². The van der Waals surface area contributed by atoms with Crippen LogP contribution in [0.25, 0.3) is 20.7 Å².